The van der Waals surface area contributed by atoms with Crippen molar-refractivity contribution in [3.05, 3.63) is 109 Å². The Balaban J connectivity index is 1.61. The summed E-state index contributed by atoms with van der Waals surface area (Å²) in [5.74, 6) is -0.492. The molecule has 0 spiro atoms. The van der Waals surface area contributed by atoms with E-state index in [0.717, 1.165) is 18.2 Å². The van der Waals surface area contributed by atoms with E-state index < -0.39 is 27.2 Å². The average molecular weight is 466 g/mol. The molecule has 0 atom stereocenters. The van der Waals surface area contributed by atoms with Crippen molar-refractivity contribution in [2.24, 2.45) is 4.99 Å². The van der Waals surface area contributed by atoms with Crippen molar-refractivity contribution in [1.29, 1.82) is 0 Å². The van der Waals surface area contributed by atoms with Crippen LogP contribution in [-0.2, 0) is 9.53 Å². The fraction of sp³-hybridized carbons (Fsp3) is 0. The minimum atomic E-state index is -0.769. The Morgan fingerprint density at radius 3 is 2.48 bits per heavy atom. The number of nitrogens with zero attached hydrogens (tertiary/aromatic N) is 3. The van der Waals surface area contributed by atoms with Crippen molar-refractivity contribution >= 4 is 40.9 Å². The lowest BCUT2D eigenvalue weighted by molar-refractivity contribution is -0.394. The number of non-ortho nitro benzene ring substituents is 1. The summed E-state index contributed by atoms with van der Waals surface area (Å²) in [5.41, 5.74) is 0.120. The molecule has 1 heterocycles. The monoisotopic (exact) mass is 465 g/mol. The average Bonchev–Trinajstić information content (AvgIpc) is 3.14. The number of hydrogen-bond acceptors (Lipinski definition) is 8. The standard InChI is InChI=1S/C22H12ClN3O7/c23-15-5-2-4-14(11-15)21-24-18(22(27)33-21)10-13-3-1-6-17(9-13)32-20-8-7-16(25(28)29)12-19(20)26(30)31/h1-12H/b18-10+. The van der Waals surface area contributed by atoms with E-state index in [1.807, 2.05) is 0 Å². The van der Waals surface area contributed by atoms with Crippen molar-refractivity contribution in [2.75, 3.05) is 0 Å². The van der Waals surface area contributed by atoms with Crippen LogP contribution in [0.25, 0.3) is 6.08 Å². The molecule has 11 heteroatoms. The summed E-state index contributed by atoms with van der Waals surface area (Å²) in [6.07, 6.45) is 1.47. The maximum Gasteiger partial charge on any atom is 0.363 e. The zero-order valence-corrected chi connectivity index (χ0v) is 17.3. The molecule has 1 aliphatic rings. The molecule has 10 nitrogen and oxygen atoms in total. The maximum absolute atomic E-state index is 12.2. The third kappa shape index (κ3) is 4.86. The lowest BCUT2D eigenvalue weighted by atomic mass is 10.2. The first-order chi connectivity index (χ1) is 15.8. The molecule has 0 aromatic heterocycles. The van der Waals surface area contributed by atoms with Gasteiger partial charge in [-0.15, -0.1) is 0 Å². The van der Waals surface area contributed by atoms with Crippen LogP contribution in [0.4, 0.5) is 11.4 Å². The van der Waals surface area contributed by atoms with Gasteiger partial charge in [-0.05, 0) is 48.0 Å². The normalized spacial score (nSPS) is 14.0. The van der Waals surface area contributed by atoms with Gasteiger partial charge in [0.05, 0.1) is 15.9 Å². The molecule has 0 N–H and O–H groups in total. The summed E-state index contributed by atoms with van der Waals surface area (Å²) in [6, 6.07) is 16.1. The highest BCUT2D eigenvalue weighted by atomic mass is 35.5. The second kappa shape index (κ2) is 8.89. The molecule has 0 unspecified atom stereocenters. The summed E-state index contributed by atoms with van der Waals surface area (Å²) in [4.78, 5) is 37.1. The molecular formula is C22H12ClN3O7. The molecule has 0 saturated carbocycles. The number of nitro benzene ring substituents is 2. The van der Waals surface area contributed by atoms with Crippen LogP contribution in [0.2, 0.25) is 5.02 Å². The predicted molar refractivity (Wildman–Crippen MR) is 118 cm³/mol. The first-order valence-electron chi connectivity index (χ1n) is 9.29. The number of benzene rings is 3. The highest BCUT2D eigenvalue weighted by Gasteiger charge is 2.25. The maximum atomic E-state index is 12.2. The van der Waals surface area contributed by atoms with Gasteiger partial charge in [-0.1, -0.05) is 29.8 Å². The molecule has 0 bridgehead atoms. The van der Waals surface area contributed by atoms with E-state index in [1.54, 1.807) is 42.5 Å². The molecule has 33 heavy (non-hydrogen) atoms. The second-order valence-electron chi connectivity index (χ2n) is 6.69. The Hall–Kier alpha value is -4.57. The van der Waals surface area contributed by atoms with Crippen LogP contribution >= 0.6 is 11.6 Å². The molecule has 3 aromatic carbocycles. The van der Waals surface area contributed by atoms with E-state index in [2.05, 4.69) is 4.99 Å². The minimum Gasteiger partial charge on any atom is -0.450 e. The predicted octanol–water partition coefficient (Wildman–Crippen LogP) is 5.29. The lowest BCUT2D eigenvalue weighted by Gasteiger charge is -2.07. The molecule has 0 radical (unpaired) electrons. The summed E-state index contributed by atoms with van der Waals surface area (Å²) in [7, 11) is 0. The molecular weight excluding hydrogens is 454 g/mol. The van der Waals surface area contributed by atoms with E-state index in [0.29, 0.717) is 16.1 Å². The number of aliphatic imine (C=N–C) groups is 1. The molecule has 0 fully saturated rings. The SMILES string of the molecule is O=C1OC(c2cccc(Cl)c2)=N/C1=C/c1cccc(Oc2ccc([N+](=O)[O-])cc2[N+](=O)[O-])c1. The van der Waals surface area contributed by atoms with Gasteiger partial charge in [0.1, 0.15) is 5.75 Å². The summed E-state index contributed by atoms with van der Waals surface area (Å²) >= 11 is 5.97. The number of nitro groups is 2. The zero-order valence-electron chi connectivity index (χ0n) is 16.5. The highest BCUT2D eigenvalue weighted by Crippen LogP contribution is 2.35. The second-order valence-corrected chi connectivity index (χ2v) is 7.12. The zero-order chi connectivity index (χ0) is 23.5. The molecule has 164 valence electrons. The summed E-state index contributed by atoms with van der Waals surface area (Å²) < 4.78 is 10.8. The van der Waals surface area contributed by atoms with Gasteiger partial charge < -0.3 is 9.47 Å². The topological polar surface area (TPSA) is 134 Å². The van der Waals surface area contributed by atoms with Crippen LogP contribution in [0, 0.1) is 20.2 Å². The van der Waals surface area contributed by atoms with Crippen molar-refractivity contribution in [3.8, 4) is 11.5 Å². The van der Waals surface area contributed by atoms with E-state index >= 15 is 0 Å². The first-order valence-corrected chi connectivity index (χ1v) is 9.67. The minimum absolute atomic E-state index is 0.0449. The number of carbonyl (C=O) groups is 1. The van der Waals surface area contributed by atoms with Gasteiger partial charge in [-0.25, -0.2) is 9.79 Å². The number of cyclic esters (lactones) is 1. The molecule has 4 rings (SSSR count). The fourth-order valence-corrected chi connectivity index (χ4v) is 3.15. The number of ether oxygens (including phenoxy) is 2. The van der Waals surface area contributed by atoms with Gasteiger partial charge in [-0.3, -0.25) is 20.2 Å². The van der Waals surface area contributed by atoms with Crippen molar-refractivity contribution in [3.63, 3.8) is 0 Å². The van der Waals surface area contributed by atoms with E-state index in [-0.39, 0.29) is 23.1 Å². The van der Waals surface area contributed by atoms with Crippen LogP contribution in [0.1, 0.15) is 11.1 Å². The van der Waals surface area contributed by atoms with E-state index in [9.17, 15) is 25.0 Å². The van der Waals surface area contributed by atoms with E-state index in [4.69, 9.17) is 21.1 Å². The third-order valence-corrected chi connectivity index (χ3v) is 4.67. The highest BCUT2D eigenvalue weighted by molar-refractivity contribution is 6.31. The smallest absolute Gasteiger partial charge is 0.363 e. The van der Waals surface area contributed by atoms with Gasteiger partial charge in [0, 0.05) is 16.7 Å². The molecule has 0 amide bonds. The number of esters is 1. The summed E-state index contributed by atoms with van der Waals surface area (Å²) in [6.45, 7) is 0. The van der Waals surface area contributed by atoms with Crippen molar-refractivity contribution in [1.82, 2.24) is 0 Å². The van der Waals surface area contributed by atoms with Crippen LogP contribution in [-0.4, -0.2) is 21.7 Å². The van der Waals surface area contributed by atoms with Gasteiger partial charge in [0.15, 0.2) is 5.70 Å². The van der Waals surface area contributed by atoms with Crippen molar-refractivity contribution < 1.29 is 24.1 Å². The number of halogens is 1. The van der Waals surface area contributed by atoms with Crippen LogP contribution in [0.5, 0.6) is 11.5 Å². The number of rotatable bonds is 6. The first kappa shape index (κ1) is 21.7. The van der Waals surface area contributed by atoms with Gasteiger partial charge in [-0.2, -0.15) is 0 Å². The largest absolute Gasteiger partial charge is 0.450 e. The van der Waals surface area contributed by atoms with Gasteiger partial charge in [0.25, 0.3) is 5.69 Å². The molecule has 0 aliphatic carbocycles. The Bertz CT molecular complexity index is 1370. The van der Waals surface area contributed by atoms with Crippen LogP contribution in [0.3, 0.4) is 0 Å². The number of hydrogen-bond donors (Lipinski definition) is 0. The van der Waals surface area contributed by atoms with Crippen molar-refractivity contribution in [2.45, 2.75) is 0 Å². The number of carbonyl (C=O) groups excluding carboxylic acids is 1. The Morgan fingerprint density at radius 2 is 1.76 bits per heavy atom. The Labute approximate surface area is 190 Å². The van der Waals surface area contributed by atoms with Crippen LogP contribution < -0.4 is 4.74 Å². The third-order valence-electron chi connectivity index (χ3n) is 4.43. The van der Waals surface area contributed by atoms with Gasteiger partial charge in [0.2, 0.25) is 11.6 Å². The van der Waals surface area contributed by atoms with Crippen LogP contribution in [0.15, 0.2) is 77.4 Å². The Morgan fingerprint density at radius 1 is 0.970 bits per heavy atom. The summed E-state index contributed by atoms with van der Waals surface area (Å²) in [5, 5.41) is 22.7. The quantitative estimate of drug-likeness (QED) is 0.209. The molecule has 0 saturated heterocycles. The molecule has 3 aromatic rings. The Kier molecular flexibility index (Phi) is 5.83. The van der Waals surface area contributed by atoms with Gasteiger partial charge >= 0.3 is 11.7 Å². The lowest BCUT2D eigenvalue weighted by Crippen LogP contribution is -2.05. The molecule has 1 aliphatic heterocycles. The van der Waals surface area contributed by atoms with E-state index in [1.165, 1.54) is 12.1 Å². The fourth-order valence-electron chi connectivity index (χ4n) is 2.96.